The number of carbonyl (C=O) groups is 2. The summed E-state index contributed by atoms with van der Waals surface area (Å²) in [6.45, 7) is 8.00. The van der Waals surface area contributed by atoms with Gasteiger partial charge in [0.1, 0.15) is 19.6 Å². The molecule has 0 rings (SSSR count). The van der Waals surface area contributed by atoms with E-state index in [-0.39, 0.29) is 6.61 Å². The molecule has 0 heterocycles. The zero-order valence-electron chi connectivity index (χ0n) is 13.7. The molecule has 0 bridgehead atoms. The van der Waals surface area contributed by atoms with Crippen molar-refractivity contribution in [3.8, 4) is 0 Å². The molecule has 0 spiro atoms. The van der Waals surface area contributed by atoms with Gasteiger partial charge in [-0.05, 0) is 19.3 Å². The zero-order valence-corrected chi connectivity index (χ0v) is 14.5. The van der Waals surface area contributed by atoms with Crippen LogP contribution in [-0.2, 0) is 29.2 Å². The molecular formula is C13H22F2O7S. The standard InChI is InChI=1S/C13H22F2O7S/c1-11(2,3)12(4,5)10(17)22-7-6-21-9(16)8-13(14,15)23(18,19)20/h6-8H2,1-5H3,(H,18,19,20). The van der Waals surface area contributed by atoms with Crippen LogP contribution in [0.2, 0.25) is 0 Å². The second-order valence-corrected chi connectivity index (χ2v) is 8.07. The van der Waals surface area contributed by atoms with Crippen molar-refractivity contribution in [3.05, 3.63) is 0 Å². The van der Waals surface area contributed by atoms with Crippen LogP contribution in [0.15, 0.2) is 0 Å². The summed E-state index contributed by atoms with van der Waals surface area (Å²) in [4.78, 5) is 23.0. The Morgan fingerprint density at radius 3 is 1.83 bits per heavy atom. The summed E-state index contributed by atoms with van der Waals surface area (Å²) < 4.78 is 64.0. The van der Waals surface area contributed by atoms with E-state index in [4.69, 9.17) is 9.29 Å². The summed E-state index contributed by atoms with van der Waals surface area (Å²) in [7, 11) is -5.70. The molecule has 1 N–H and O–H groups in total. The van der Waals surface area contributed by atoms with Gasteiger partial charge in [0.2, 0.25) is 0 Å². The quantitative estimate of drug-likeness (QED) is 0.420. The van der Waals surface area contributed by atoms with Crippen LogP contribution in [0.1, 0.15) is 41.0 Å². The molecule has 0 saturated heterocycles. The van der Waals surface area contributed by atoms with E-state index in [9.17, 15) is 26.8 Å². The summed E-state index contributed by atoms with van der Waals surface area (Å²) in [5, 5.41) is -4.63. The number of rotatable bonds is 7. The van der Waals surface area contributed by atoms with Crippen LogP contribution in [0.25, 0.3) is 0 Å². The predicted molar refractivity (Wildman–Crippen MR) is 76.3 cm³/mol. The Hall–Kier alpha value is -1.29. The largest absolute Gasteiger partial charge is 0.462 e. The van der Waals surface area contributed by atoms with Crippen molar-refractivity contribution in [2.75, 3.05) is 13.2 Å². The van der Waals surface area contributed by atoms with Gasteiger partial charge < -0.3 is 9.47 Å². The molecule has 0 aromatic heterocycles. The van der Waals surface area contributed by atoms with Crippen molar-refractivity contribution in [2.24, 2.45) is 10.8 Å². The summed E-state index contributed by atoms with van der Waals surface area (Å²) >= 11 is 0. The zero-order chi connectivity index (χ0) is 18.7. The molecule has 10 heteroatoms. The molecule has 0 aromatic carbocycles. The topological polar surface area (TPSA) is 107 Å². The van der Waals surface area contributed by atoms with Gasteiger partial charge >= 0.3 is 27.3 Å². The Morgan fingerprint density at radius 1 is 1.00 bits per heavy atom. The summed E-state index contributed by atoms with van der Waals surface area (Å²) in [6, 6.07) is 0. The third kappa shape index (κ3) is 6.02. The van der Waals surface area contributed by atoms with E-state index in [1.165, 1.54) is 0 Å². The highest BCUT2D eigenvalue weighted by atomic mass is 32.2. The molecule has 0 aliphatic carbocycles. The van der Waals surface area contributed by atoms with Gasteiger partial charge in [0.05, 0.1) is 5.41 Å². The number of alkyl halides is 2. The fraction of sp³-hybridized carbons (Fsp3) is 0.846. The van der Waals surface area contributed by atoms with Gasteiger partial charge in [0, 0.05) is 0 Å². The SMILES string of the molecule is CC(C)(C)C(C)(C)C(=O)OCCOC(=O)CC(F)(F)S(=O)(=O)O. The molecule has 0 unspecified atom stereocenters. The van der Waals surface area contributed by atoms with Gasteiger partial charge in [0.15, 0.2) is 0 Å². The first-order valence-electron chi connectivity index (χ1n) is 6.70. The third-order valence-electron chi connectivity index (χ3n) is 3.69. The molecule has 0 aliphatic rings. The Labute approximate surface area is 134 Å². The van der Waals surface area contributed by atoms with Crippen molar-refractivity contribution in [1.29, 1.82) is 0 Å². The maximum Gasteiger partial charge on any atom is 0.380 e. The van der Waals surface area contributed by atoms with Crippen molar-refractivity contribution in [1.82, 2.24) is 0 Å². The predicted octanol–water partition coefficient (Wildman–Crippen LogP) is 2.02. The first-order chi connectivity index (χ1) is 10.0. The van der Waals surface area contributed by atoms with E-state index in [2.05, 4.69) is 4.74 Å². The van der Waals surface area contributed by atoms with Gasteiger partial charge in [-0.3, -0.25) is 14.1 Å². The average molecular weight is 360 g/mol. The van der Waals surface area contributed by atoms with Gasteiger partial charge in [-0.25, -0.2) is 0 Å². The lowest BCUT2D eigenvalue weighted by atomic mass is 9.69. The van der Waals surface area contributed by atoms with Crippen LogP contribution >= 0.6 is 0 Å². The minimum absolute atomic E-state index is 0.360. The molecule has 0 aromatic rings. The van der Waals surface area contributed by atoms with Crippen LogP contribution in [0.5, 0.6) is 0 Å². The lowest BCUT2D eigenvalue weighted by molar-refractivity contribution is -0.165. The fourth-order valence-corrected chi connectivity index (χ4v) is 1.39. The number of halogens is 2. The highest BCUT2D eigenvalue weighted by Gasteiger charge is 2.46. The van der Waals surface area contributed by atoms with Crippen LogP contribution in [0.4, 0.5) is 8.78 Å². The highest BCUT2D eigenvalue weighted by Crippen LogP contribution is 2.38. The molecule has 0 fully saturated rings. The number of esters is 2. The molecule has 23 heavy (non-hydrogen) atoms. The average Bonchev–Trinajstić information content (AvgIpc) is 2.30. The molecular weight excluding hydrogens is 338 g/mol. The van der Waals surface area contributed by atoms with E-state index >= 15 is 0 Å². The molecule has 0 aliphatic heterocycles. The van der Waals surface area contributed by atoms with Crippen LogP contribution < -0.4 is 0 Å². The third-order valence-corrected chi connectivity index (χ3v) is 4.59. The summed E-state index contributed by atoms with van der Waals surface area (Å²) in [5.74, 6) is -2.09. The van der Waals surface area contributed by atoms with Gasteiger partial charge in [-0.2, -0.15) is 17.2 Å². The number of hydrogen-bond acceptors (Lipinski definition) is 6. The van der Waals surface area contributed by atoms with Crippen molar-refractivity contribution < 1.29 is 40.8 Å². The Morgan fingerprint density at radius 2 is 1.43 bits per heavy atom. The molecule has 7 nitrogen and oxygen atoms in total. The van der Waals surface area contributed by atoms with Gasteiger partial charge in [-0.15, -0.1) is 0 Å². The van der Waals surface area contributed by atoms with E-state index in [0.717, 1.165) is 0 Å². The van der Waals surface area contributed by atoms with Crippen molar-refractivity contribution >= 4 is 22.1 Å². The molecule has 0 radical (unpaired) electrons. The van der Waals surface area contributed by atoms with E-state index in [1.54, 1.807) is 13.8 Å². The Kier molecular flexibility index (Phi) is 6.68. The maximum atomic E-state index is 12.9. The molecule has 0 atom stereocenters. The monoisotopic (exact) mass is 360 g/mol. The van der Waals surface area contributed by atoms with E-state index < -0.39 is 51.2 Å². The van der Waals surface area contributed by atoms with Crippen molar-refractivity contribution in [3.63, 3.8) is 0 Å². The number of hydrogen-bond donors (Lipinski definition) is 1. The second-order valence-electron chi connectivity index (χ2n) is 6.52. The smallest absolute Gasteiger partial charge is 0.380 e. The minimum atomic E-state index is -5.70. The fourth-order valence-electron chi connectivity index (χ4n) is 1.09. The van der Waals surface area contributed by atoms with E-state index in [1.807, 2.05) is 20.8 Å². The lowest BCUT2D eigenvalue weighted by Crippen LogP contribution is -2.39. The second kappa shape index (κ2) is 7.08. The van der Waals surface area contributed by atoms with Crippen molar-refractivity contribution in [2.45, 2.75) is 46.3 Å². The maximum absolute atomic E-state index is 12.9. The summed E-state index contributed by atoms with van der Waals surface area (Å²) in [6.07, 6.45) is -1.83. The summed E-state index contributed by atoms with van der Waals surface area (Å²) in [5.41, 5.74) is -1.21. The molecule has 0 saturated carbocycles. The minimum Gasteiger partial charge on any atom is -0.462 e. The van der Waals surface area contributed by atoms with Crippen LogP contribution in [0, 0.1) is 10.8 Å². The van der Waals surface area contributed by atoms with E-state index in [0.29, 0.717) is 0 Å². The van der Waals surface area contributed by atoms with Crippen LogP contribution in [-0.4, -0.2) is 43.4 Å². The first kappa shape index (κ1) is 21.7. The molecule has 136 valence electrons. The first-order valence-corrected chi connectivity index (χ1v) is 8.14. The van der Waals surface area contributed by atoms with Crippen LogP contribution in [0.3, 0.4) is 0 Å². The Balaban J connectivity index is 4.35. The number of ether oxygens (including phenoxy) is 2. The Bertz CT molecular complexity index is 547. The normalized spacial score (nSPS) is 13.6. The molecule has 0 amide bonds. The lowest BCUT2D eigenvalue weighted by Gasteiger charge is -2.36. The van der Waals surface area contributed by atoms with Gasteiger partial charge in [0.25, 0.3) is 0 Å². The van der Waals surface area contributed by atoms with Gasteiger partial charge in [-0.1, -0.05) is 20.8 Å². The highest BCUT2D eigenvalue weighted by molar-refractivity contribution is 7.86. The number of carbonyl (C=O) groups excluding carboxylic acids is 2.